The number of benzene rings is 1. The number of ether oxygens (including phenoxy) is 1. The molecule has 1 fully saturated rings. The number of hydrogen-bond acceptors (Lipinski definition) is 5. The lowest BCUT2D eigenvalue weighted by Crippen LogP contribution is -2.03. The number of nitrogen functional groups attached to an aromatic ring is 1. The van der Waals surface area contributed by atoms with Crippen molar-refractivity contribution in [3.63, 3.8) is 0 Å². The lowest BCUT2D eigenvalue weighted by Gasteiger charge is -2.09. The van der Waals surface area contributed by atoms with Gasteiger partial charge in [0.15, 0.2) is 5.82 Å². The van der Waals surface area contributed by atoms with Gasteiger partial charge in [-0.25, -0.2) is 4.68 Å². The summed E-state index contributed by atoms with van der Waals surface area (Å²) in [4.78, 5) is 0. The van der Waals surface area contributed by atoms with Gasteiger partial charge in [-0.3, -0.25) is 0 Å². The summed E-state index contributed by atoms with van der Waals surface area (Å²) in [6, 6.07) is 6.12. The smallest absolute Gasteiger partial charge is 0.182 e. The van der Waals surface area contributed by atoms with Gasteiger partial charge in [0.1, 0.15) is 5.75 Å². The van der Waals surface area contributed by atoms with Gasteiger partial charge in [0, 0.05) is 5.56 Å². The second kappa shape index (κ2) is 5.11. The third-order valence-corrected chi connectivity index (χ3v) is 3.78. The van der Waals surface area contributed by atoms with Crippen LogP contribution >= 0.6 is 0 Å². The molecule has 0 bridgehead atoms. The average Bonchev–Trinajstić information content (AvgIpc) is 3.08. The molecule has 3 rings (SSSR count). The third kappa shape index (κ3) is 2.21. The van der Waals surface area contributed by atoms with Crippen molar-refractivity contribution in [1.82, 2.24) is 20.2 Å². The molecule has 1 saturated carbocycles. The molecule has 20 heavy (non-hydrogen) atoms. The first-order valence-corrected chi connectivity index (χ1v) is 7.05. The van der Waals surface area contributed by atoms with Gasteiger partial charge in [-0.1, -0.05) is 13.3 Å². The SMILES string of the molecule is CCOc1ccc(-c2nnnn2C2CC2CC)cc1N. The van der Waals surface area contributed by atoms with E-state index in [0.29, 0.717) is 30.0 Å². The maximum Gasteiger partial charge on any atom is 0.182 e. The molecule has 2 unspecified atom stereocenters. The van der Waals surface area contributed by atoms with Gasteiger partial charge in [0.25, 0.3) is 0 Å². The molecule has 106 valence electrons. The zero-order chi connectivity index (χ0) is 14.1. The Balaban J connectivity index is 1.90. The molecule has 0 amide bonds. The van der Waals surface area contributed by atoms with E-state index in [1.165, 1.54) is 0 Å². The van der Waals surface area contributed by atoms with Crippen LogP contribution in [-0.2, 0) is 0 Å². The Hall–Kier alpha value is -2.11. The van der Waals surface area contributed by atoms with E-state index in [2.05, 4.69) is 22.4 Å². The van der Waals surface area contributed by atoms with E-state index in [1.54, 1.807) is 0 Å². The molecule has 6 nitrogen and oxygen atoms in total. The fourth-order valence-corrected chi connectivity index (χ4v) is 2.55. The van der Waals surface area contributed by atoms with Gasteiger partial charge < -0.3 is 10.5 Å². The molecule has 0 spiro atoms. The first-order valence-electron chi connectivity index (χ1n) is 7.05. The zero-order valence-corrected chi connectivity index (χ0v) is 11.8. The number of tetrazole rings is 1. The third-order valence-electron chi connectivity index (χ3n) is 3.78. The minimum atomic E-state index is 0.429. The number of anilines is 1. The number of nitrogens with two attached hydrogens (primary N) is 1. The van der Waals surface area contributed by atoms with E-state index in [1.807, 2.05) is 29.8 Å². The van der Waals surface area contributed by atoms with Crippen LogP contribution in [-0.4, -0.2) is 26.8 Å². The van der Waals surface area contributed by atoms with E-state index in [4.69, 9.17) is 10.5 Å². The predicted molar refractivity (Wildman–Crippen MR) is 76.3 cm³/mol. The van der Waals surface area contributed by atoms with E-state index in [9.17, 15) is 0 Å². The van der Waals surface area contributed by atoms with Gasteiger partial charge in [0.2, 0.25) is 0 Å². The summed E-state index contributed by atoms with van der Waals surface area (Å²) in [5, 5.41) is 12.1. The summed E-state index contributed by atoms with van der Waals surface area (Å²) >= 11 is 0. The number of hydrogen-bond donors (Lipinski definition) is 1. The van der Waals surface area contributed by atoms with Crippen molar-refractivity contribution in [3.05, 3.63) is 18.2 Å². The fourth-order valence-electron chi connectivity index (χ4n) is 2.55. The highest BCUT2D eigenvalue weighted by Crippen LogP contribution is 2.46. The van der Waals surface area contributed by atoms with E-state index in [0.717, 1.165) is 24.2 Å². The van der Waals surface area contributed by atoms with E-state index >= 15 is 0 Å². The number of nitrogens with zero attached hydrogens (tertiary/aromatic N) is 4. The van der Waals surface area contributed by atoms with Crippen molar-refractivity contribution in [2.24, 2.45) is 5.92 Å². The van der Waals surface area contributed by atoms with Crippen molar-refractivity contribution < 1.29 is 4.74 Å². The summed E-state index contributed by atoms with van der Waals surface area (Å²) in [5.74, 6) is 2.17. The molecule has 2 N–H and O–H groups in total. The molecular formula is C14H19N5O. The van der Waals surface area contributed by atoms with Crippen LogP contribution < -0.4 is 10.5 Å². The second-order valence-electron chi connectivity index (χ2n) is 5.10. The van der Waals surface area contributed by atoms with Gasteiger partial charge >= 0.3 is 0 Å². The van der Waals surface area contributed by atoms with Crippen LogP contribution in [0.4, 0.5) is 5.69 Å². The Bertz CT molecular complexity index is 609. The summed E-state index contributed by atoms with van der Waals surface area (Å²) < 4.78 is 7.37. The molecule has 6 heteroatoms. The molecular weight excluding hydrogens is 254 g/mol. The van der Waals surface area contributed by atoms with Crippen molar-refractivity contribution in [2.75, 3.05) is 12.3 Å². The summed E-state index contributed by atoms with van der Waals surface area (Å²) in [7, 11) is 0. The van der Waals surface area contributed by atoms with Gasteiger partial charge in [-0.05, 0) is 47.9 Å². The highest BCUT2D eigenvalue weighted by molar-refractivity contribution is 5.66. The first kappa shape index (κ1) is 12.9. The molecule has 0 saturated heterocycles. The molecule has 0 aliphatic heterocycles. The van der Waals surface area contributed by atoms with Crippen LogP contribution in [0.1, 0.15) is 32.7 Å². The Kier molecular flexibility index (Phi) is 3.30. The zero-order valence-electron chi connectivity index (χ0n) is 11.8. The normalized spacial score (nSPS) is 20.9. The Morgan fingerprint density at radius 1 is 1.40 bits per heavy atom. The fraction of sp³-hybridized carbons (Fsp3) is 0.500. The number of aromatic nitrogens is 4. The molecule has 1 aromatic carbocycles. The molecule has 1 aliphatic rings. The van der Waals surface area contributed by atoms with Crippen molar-refractivity contribution >= 4 is 5.69 Å². The Morgan fingerprint density at radius 2 is 2.25 bits per heavy atom. The quantitative estimate of drug-likeness (QED) is 0.845. The molecule has 1 aromatic heterocycles. The molecule has 0 radical (unpaired) electrons. The second-order valence-corrected chi connectivity index (χ2v) is 5.10. The van der Waals surface area contributed by atoms with E-state index in [-0.39, 0.29) is 0 Å². The average molecular weight is 273 g/mol. The van der Waals surface area contributed by atoms with Crippen LogP contribution in [0.5, 0.6) is 5.75 Å². The van der Waals surface area contributed by atoms with Crippen LogP contribution in [0.25, 0.3) is 11.4 Å². The van der Waals surface area contributed by atoms with Crippen LogP contribution in [0.3, 0.4) is 0 Å². The topological polar surface area (TPSA) is 78.9 Å². The predicted octanol–water partition coefficient (Wildman–Crippen LogP) is 2.29. The molecule has 2 atom stereocenters. The Labute approximate surface area is 117 Å². The van der Waals surface area contributed by atoms with E-state index < -0.39 is 0 Å². The molecule has 2 aromatic rings. The highest BCUT2D eigenvalue weighted by Gasteiger charge is 2.39. The molecule has 1 heterocycles. The van der Waals surface area contributed by atoms with Crippen molar-refractivity contribution in [2.45, 2.75) is 32.7 Å². The molecule has 1 aliphatic carbocycles. The van der Waals surface area contributed by atoms with Gasteiger partial charge in [0.05, 0.1) is 18.3 Å². The van der Waals surface area contributed by atoms with Crippen LogP contribution in [0.15, 0.2) is 18.2 Å². The van der Waals surface area contributed by atoms with Crippen molar-refractivity contribution in [1.29, 1.82) is 0 Å². The largest absolute Gasteiger partial charge is 0.492 e. The minimum absolute atomic E-state index is 0.429. The van der Waals surface area contributed by atoms with Gasteiger partial charge in [-0.15, -0.1) is 5.10 Å². The standard InChI is InChI=1S/C14H19N5O/c1-3-9-8-12(9)19-14(16-17-18-19)10-5-6-13(20-4-2)11(15)7-10/h5-7,9,12H,3-4,8,15H2,1-2H3. The lowest BCUT2D eigenvalue weighted by molar-refractivity contribution is 0.342. The summed E-state index contributed by atoms with van der Waals surface area (Å²) in [6.45, 7) is 4.73. The highest BCUT2D eigenvalue weighted by atomic mass is 16.5. The van der Waals surface area contributed by atoms with Gasteiger partial charge in [-0.2, -0.15) is 0 Å². The van der Waals surface area contributed by atoms with Crippen LogP contribution in [0, 0.1) is 5.92 Å². The summed E-state index contributed by atoms with van der Waals surface area (Å²) in [6.07, 6.45) is 2.32. The minimum Gasteiger partial charge on any atom is -0.492 e. The lowest BCUT2D eigenvalue weighted by atomic mass is 10.1. The summed E-state index contributed by atoms with van der Waals surface area (Å²) in [5.41, 5.74) is 7.55. The van der Waals surface area contributed by atoms with Crippen molar-refractivity contribution in [3.8, 4) is 17.1 Å². The maximum atomic E-state index is 6.01. The number of rotatable bonds is 5. The first-order chi connectivity index (χ1) is 9.74. The van der Waals surface area contributed by atoms with Crippen LogP contribution in [0.2, 0.25) is 0 Å². The maximum absolute atomic E-state index is 6.01. The monoisotopic (exact) mass is 273 g/mol. The Morgan fingerprint density at radius 3 is 2.90 bits per heavy atom.